The summed E-state index contributed by atoms with van der Waals surface area (Å²) in [6.45, 7) is 3.65. The van der Waals surface area contributed by atoms with Crippen LogP contribution in [0.2, 0.25) is 0 Å². The standard InChI is InChI=1S/C14H15N3O3S/c1-8-6-12(21-11(8)4-5-13(18)19)14(20)15-10-7-17(3)16-9(10)2/h4-7H,1-3H3,(H,15,20)(H,18,19)/b5-4+. The van der Waals surface area contributed by atoms with Crippen LogP contribution in [0.1, 0.15) is 25.8 Å². The molecule has 0 fully saturated rings. The number of hydrogen-bond donors (Lipinski definition) is 2. The number of nitrogens with one attached hydrogen (secondary N) is 1. The van der Waals surface area contributed by atoms with Crippen molar-refractivity contribution in [2.24, 2.45) is 7.05 Å². The molecule has 0 aliphatic carbocycles. The lowest BCUT2D eigenvalue weighted by atomic mass is 10.2. The third kappa shape index (κ3) is 3.57. The number of carboxylic acid groups (broad SMARTS) is 1. The van der Waals surface area contributed by atoms with Crippen LogP contribution in [-0.4, -0.2) is 26.8 Å². The van der Waals surface area contributed by atoms with E-state index in [4.69, 9.17) is 5.11 Å². The zero-order valence-corrected chi connectivity index (χ0v) is 12.7. The second-order valence-corrected chi connectivity index (χ2v) is 5.67. The zero-order chi connectivity index (χ0) is 15.6. The Bertz CT molecular complexity index is 728. The summed E-state index contributed by atoms with van der Waals surface area (Å²) in [5.74, 6) is -1.24. The maximum absolute atomic E-state index is 12.2. The van der Waals surface area contributed by atoms with Crippen LogP contribution in [0.15, 0.2) is 18.3 Å². The number of amides is 1. The van der Waals surface area contributed by atoms with Gasteiger partial charge in [-0.3, -0.25) is 9.48 Å². The molecule has 0 spiro atoms. The number of carbonyl (C=O) groups is 2. The highest BCUT2D eigenvalue weighted by atomic mass is 32.1. The number of aryl methyl sites for hydroxylation is 3. The topological polar surface area (TPSA) is 84.2 Å². The number of rotatable bonds is 4. The molecule has 6 nitrogen and oxygen atoms in total. The van der Waals surface area contributed by atoms with E-state index in [2.05, 4.69) is 10.4 Å². The van der Waals surface area contributed by atoms with E-state index in [1.165, 1.54) is 17.4 Å². The molecule has 7 heteroatoms. The Hall–Kier alpha value is -2.41. The maximum Gasteiger partial charge on any atom is 0.328 e. The Labute approximate surface area is 125 Å². The van der Waals surface area contributed by atoms with Crippen molar-refractivity contribution in [2.45, 2.75) is 13.8 Å². The quantitative estimate of drug-likeness (QED) is 0.850. The number of aliphatic carboxylic acids is 1. The minimum atomic E-state index is -1.01. The van der Waals surface area contributed by atoms with Gasteiger partial charge in [-0.25, -0.2) is 4.79 Å². The molecule has 1 amide bonds. The van der Waals surface area contributed by atoms with E-state index >= 15 is 0 Å². The molecule has 2 N–H and O–H groups in total. The molecule has 2 aromatic heterocycles. The number of thiophene rings is 1. The van der Waals surface area contributed by atoms with Crippen molar-refractivity contribution in [1.82, 2.24) is 9.78 Å². The molecule has 0 unspecified atom stereocenters. The van der Waals surface area contributed by atoms with Crippen molar-refractivity contribution in [3.8, 4) is 0 Å². The fourth-order valence-corrected chi connectivity index (χ4v) is 2.80. The van der Waals surface area contributed by atoms with Crippen molar-refractivity contribution in [1.29, 1.82) is 0 Å². The average molecular weight is 305 g/mol. The highest BCUT2D eigenvalue weighted by Gasteiger charge is 2.13. The van der Waals surface area contributed by atoms with E-state index in [-0.39, 0.29) is 5.91 Å². The number of carbonyl (C=O) groups excluding carboxylic acids is 1. The molecule has 0 aliphatic rings. The Balaban J connectivity index is 2.18. The summed E-state index contributed by atoms with van der Waals surface area (Å²) in [6, 6.07) is 1.74. The molecule has 0 bridgehead atoms. The van der Waals surface area contributed by atoms with E-state index < -0.39 is 5.97 Å². The first kappa shape index (κ1) is 15.0. The van der Waals surface area contributed by atoms with Gasteiger partial charge in [0.25, 0.3) is 5.91 Å². The minimum absolute atomic E-state index is 0.228. The van der Waals surface area contributed by atoms with E-state index in [1.807, 2.05) is 13.8 Å². The van der Waals surface area contributed by atoms with E-state index in [9.17, 15) is 9.59 Å². The molecular weight excluding hydrogens is 290 g/mol. The summed E-state index contributed by atoms with van der Waals surface area (Å²) in [7, 11) is 1.78. The molecular formula is C14H15N3O3S. The van der Waals surface area contributed by atoms with Crippen LogP contribution >= 0.6 is 11.3 Å². The van der Waals surface area contributed by atoms with Crippen LogP contribution in [0.5, 0.6) is 0 Å². The Morgan fingerprint density at radius 2 is 2.14 bits per heavy atom. The number of nitrogens with zero attached hydrogens (tertiary/aromatic N) is 2. The van der Waals surface area contributed by atoms with Gasteiger partial charge in [-0.2, -0.15) is 5.10 Å². The van der Waals surface area contributed by atoms with Crippen molar-refractivity contribution in [3.05, 3.63) is 39.4 Å². The Kier molecular flexibility index (Phi) is 4.23. The predicted molar refractivity (Wildman–Crippen MR) is 81.6 cm³/mol. The average Bonchev–Trinajstić information content (AvgIpc) is 2.90. The van der Waals surface area contributed by atoms with Crippen LogP contribution in [0.3, 0.4) is 0 Å². The summed E-state index contributed by atoms with van der Waals surface area (Å²) in [5.41, 5.74) is 2.27. The van der Waals surface area contributed by atoms with Gasteiger partial charge in [0.15, 0.2) is 0 Å². The second-order valence-electron chi connectivity index (χ2n) is 4.59. The summed E-state index contributed by atoms with van der Waals surface area (Å²) < 4.78 is 1.63. The lowest BCUT2D eigenvalue weighted by molar-refractivity contribution is -0.131. The lowest BCUT2D eigenvalue weighted by Crippen LogP contribution is -2.10. The van der Waals surface area contributed by atoms with Gasteiger partial charge in [0, 0.05) is 24.2 Å². The van der Waals surface area contributed by atoms with Crippen molar-refractivity contribution in [3.63, 3.8) is 0 Å². The molecule has 2 heterocycles. The molecule has 2 rings (SSSR count). The fraction of sp³-hybridized carbons (Fsp3) is 0.214. The minimum Gasteiger partial charge on any atom is -0.478 e. The van der Waals surface area contributed by atoms with Gasteiger partial charge in [-0.1, -0.05) is 0 Å². The molecule has 0 saturated carbocycles. The third-order valence-electron chi connectivity index (χ3n) is 2.82. The van der Waals surface area contributed by atoms with E-state index in [1.54, 1.807) is 24.0 Å². The normalized spacial score (nSPS) is 11.0. The molecule has 0 aliphatic heterocycles. The van der Waals surface area contributed by atoms with Gasteiger partial charge in [0.2, 0.25) is 0 Å². The molecule has 0 atom stereocenters. The summed E-state index contributed by atoms with van der Waals surface area (Å²) >= 11 is 1.25. The first-order chi connectivity index (χ1) is 9.86. The van der Waals surface area contributed by atoms with Crippen molar-refractivity contribution in [2.75, 3.05) is 5.32 Å². The number of aromatic nitrogens is 2. The lowest BCUT2D eigenvalue weighted by Gasteiger charge is -2.00. The van der Waals surface area contributed by atoms with Crippen molar-refractivity contribution >= 4 is 35.0 Å². The first-order valence-electron chi connectivity index (χ1n) is 6.20. The van der Waals surface area contributed by atoms with Crippen LogP contribution in [0.4, 0.5) is 5.69 Å². The van der Waals surface area contributed by atoms with Gasteiger partial charge < -0.3 is 10.4 Å². The van der Waals surface area contributed by atoms with Crippen LogP contribution in [-0.2, 0) is 11.8 Å². The first-order valence-corrected chi connectivity index (χ1v) is 7.01. The smallest absolute Gasteiger partial charge is 0.328 e. The SMILES string of the molecule is Cc1cc(C(=O)Nc2cn(C)nc2C)sc1/C=C/C(=O)O. The molecule has 0 radical (unpaired) electrons. The van der Waals surface area contributed by atoms with Gasteiger partial charge in [0.1, 0.15) is 0 Å². The van der Waals surface area contributed by atoms with Crippen molar-refractivity contribution < 1.29 is 14.7 Å². The Morgan fingerprint density at radius 1 is 1.43 bits per heavy atom. The highest BCUT2D eigenvalue weighted by molar-refractivity contribution is 7.15. The summed E-state index contributed by atoms with van der Waals surface area (Å²) in [4.78, 5) is 24.0. The predicted octanol–water partition coefficient (Wildman–Crippen LogP) is 2.45. The number of carboxylic acids is 1. The molecule has 21 heavy (non-hydrogen) atoms. The second kappa shape index (κ2) is 5.92. The number of hydrogen-bond acceptors (Lipinski definition) is 4. The monoisotopic (exact) mass is 305 g/mol. The zero-order valence-electron chi connectivity index (χ0n) is 11.9. The molecule has 0 saturated heterocycles. The third-order valence-corrected chi connectivity index (χ3v) is 4.02. The largest absolute Gasteiger partial charge is 0.478 e. The molecule has 110 valence electrons. The number of anilines is 1. The van der Waals surface area contributed by atoms with Gasteiger partial charge >= 0.3 is 5.97 Å². The fourth-order valence-electron chi connectivity index (χ4n) is 1.83. The highest BCUT2D eigenvalue weighted by Crippen LogP contribution is 2.24. The summed E-state index contributed by atoms with van der Waals surface area (Å²) in [5, 5.41) is 15.6. The van der Waals surface area contributed by atoms with Gasteiger partial charge in [-0.15, -0.1) is 11.3 Å². The van der Waals surface area contributed by atoms with E-state index in [0.717, 1.165) is 22.2 Å². The summed E-state index contributed by atoms with van der Waals surface area (Å²) in [6.07, 6.45) is 4.29. The molecule has 0 aromatic carbocycles. The van der Waals surface area contributed by atoms with E-state index in [0.29, 0.717) is 10.6 Å². The maximum atomic E-state index is 12.2. The van der Waals surface area contributed by atoms with Crippen LogP contribution < -0.4 is 5.32 Å². The van der Waals surface area contributed by atoms with Crippen LogP contribution in [0.25, 0.3) is 6.08 Å². The molecule has 2 aromatic rings. The van der Waals surface area contributed by atoms with Crippen LogP contribution in [0, 0.1) is 13.8 Å². The van der Waals surface area contributed by atoms with Gasteiger partial charge in [0.05, 0.1) is 16.3 Å². The van der Waals surface area contributed by atoms with Gasteiger partial charge in [-0.05, 0) is 31.6 Å². The Morgan fingerprint density at radius 3 is 2.71 bits per heavy atom.